The Morgan fingerprint density at radius 3 is 2.29 bits per heavy atom. The lowest BCUT2D eigenvalue weighted by Gasteiger charge is -2.18. The van der Waals surface area contributed by atoms with Crippen LogP contribution in [-0.4, -0.2) is 34.9 Å². The number of rotatable bonds is 4. The number of carbonyl (C=O) groups is 2. The number of phenolic OH excluding ortho intramolecular Hbond substituents is 1. The van der Waals surface area contributed by atoms with E-state index in [4.69, 9.17) is 44.3 Å². The van der Waals surface area contributed by atoms with Crippen molar-refractivity contribution < 1.29 is 24.2 Å². The highest BCUT2D eigenvalue weighted by Crippen LogP contribution is 2.37. The Balaban J connectivity index is 3.37. The van der Waals surface area contributed by atoms with Crippen molar-refractivity contribution >= 4 is 47.1 Å². The van der Waals surface area contributed by atoms with Crippen LogP contribution in [0.5, 0.6) is 11.5 Å². The summed E-state index contributed by atoms with van der Waals surface area (Å²) in [5.41, 5.74) is 0.448. The van der Waals surface area contributed by atoms with Crippen LogP contribution >= 0.6 is 34.8 Å². The van der Waals surface area contributed by atoms with E-state index in [0.717, 1.165) is 0 Å². The summed E-state index contributed by atoms with van der Waals surface area (Å²) in [7, 11) is 1.33. The average Bonchev–Trinajstić information content (AvgIpc) is 2.39. The minimum absolute atomic E-state index is 0.00384. The standard InChI is InChI=1S/C13H13Cl3O5/c1-6-8(4-17)10(18)7(2)11(20-3)9(6)12(19)21-5-13(14,15)16/h4,18H,5H2,1-3H3. The molecule has 1 aromatic carbocycles. The van der Waals surface area contributed by atoms with Crippen molar-refractivity contribution in [2.75, 3.05) is 13.7 Å². The molecule has 1 aromatic rings. The van der Waals surface area contributed by atoms with E-state index in [1.165, 1.54) is 21.0 Å². The molecule has 1 rings (SSSR count). The number of benzene rings is 1. The highest BCUT2D eigenvalue weighted by Gasteiger charge is 2.28. The van der Waals surface area contributed by atoms with Crippen LogP contribution in [0.1, 0.15) is 31.8 Å². The summed E-state index contributed by atoms with van der Waals surface area (Å²) in [5, 5.41) is 9.93. The Morgan fingerprint density at radius 1 is 1.29 bits per heavy atom. The van der Waals surface area contributed by atoms with Crippen molar-refractivity contribution in [3.05, 3.63) is 22.3 Å². The summed E-state index contributed by atoms with van der Waals surface area (Å²) in [4.78, 5) is 23.2. The van der Waals surface area contributed by atoms with Gasteiger partial charge in [-0.25, -0.2) is 4.79 Å². The molecule has 0 aliphatic carbocycles. The summed E-state index contributed by atoms with van der Waals surface area (Å²) in [5.74, 6) is -0.968. The predicted molar refractivity (Wildman–Crippen MR) is 80.1 cm³/mol. The number of aromatic hydroxyl groups is 1. The van der Waals surface area contributed by atoms with E-state index in [1.54, 1.807) is 0 Å². The number of aldehydes is 1. The Bertz CT molecular complexity index is 578. The minimum Gasteiger partial charge on any atom is -0.507 e. The van der Waals surface area contributed by atoms with Crippen LogP contribution in [0.3, 0.4) is 0 Å². The first-order chi connectivity index (χ1) is 9.64. The number of hydrogen-bond acceptors (Lipinski definition) is 5. The van der Waals surface area contributed by atoms with Crippen LogP contribution in [-0.2, 0) is 4.74 Å². The number of alkyl halides is 3. The third-order valence-corrected chi connectivity index (χ3v) is 3.18. The summed E-state index contributed by atoms with van der Waals surface area (Å²) in [6.07, 6.45) is 0.447. The van der Waals surface area contributed by atoms with E-state index in [1.807, 2.05) is 0 Å². The molecular formula is C13H13Cl3O5. The van der Waals surface area contributed by atoms with E-state index in [0.29, 0.717) is 6.29 Å². The molecule has 5 nitrogen and oxygen atoms in total. The van der Waals surface area contributed by atoms with Gasteiger partial charge in [0.05, 0.1) is 12.7 Å². The molecule has 0 fully saturated rings. The molecule has 0 aliphatic rings. The maximum absolute atomic E-state index is 12.1. The average molecular weight is 356 g/mol. The quantitative estimate of drug-likeness (QED) is 0.509. The van der Waals surface area contributed by atoms with Gasteiger partial charge in [0.25, 0.3) is 0 Å². The van der Waals surface area contributed by atoms with Crippen LogP contribution in [0.25, 0.3) is 0 Å². The first-order valence-electron chi connectivity index (χ1n) is 5.73. The van der Waals surface area contributed by atoms with Gasteiger partial charge < -0.3 is 14.6 Å². The van der Waals surface area contributed by atoms with Gasteiger partial charge in [0.1, 0.15) is 23.7 Å². The van der Waals surface area contributed by atoms with Gasteiger partial charge in [-0.3, -0.25) is 4.79 Å². The summed E-state index contributed by atoms with van der Waals surface area (Å²) < 4.78 is 8.26. The molecule has 0 amide bonds. The second kappa shape index (κ2) is 6.73. The van der Waals surface area contributed by atoms with Gasteiger partial charge in [-0.1, -0.05) is 34.8 Å². The number of hydrogen-bond donors (Lipinski definition) is 1. The number of carbonyl (C=O) groups excluding carboxylic acids is 2. The zero-order chi connectivity index (χ0) is 16.4. The molecule has 0 radical (unpaired) electrons. The largest absolute Gasteiger partial charge is 0.507 e. The highest BCUT2D eigenvalue weighted by atomic mass is 35.6. The monoisotopic (exact) mass is 354 g/mol. The molecule has 0 unspecified atom stereocenters. The number of phenols is 1. The third-order valence-electron chi connectivity index (χ3n) is 2.85. The van der Waals surface area contributed by atoms with Crippen molar-refractivity contribution in [3.63, 3.8) is 0 Å². The van der Waals surface area contributed by atoms with Gasteiger partial charge in [-0.2, -0.15) is 0 Å². The first-order valence-corrected chi connectivity index (χ1v) is 6.86. The normalized spacial score (nSPS) is 11.1. The summed E-state index contributed by atoms with van der Waals surface area (Å²) >= 11 is 16.6. The predicted octanol–water partition coefficient (Wildman–Crippen LogP) is 3.36. The number of halogens is 3. The fourth-order valence-electron chi connectivity index (χ4n) is 1.84. The van der Waals surface area contributed by atoms with Crippen LogP contribution in [0.4, 0.5) is 0 Å². The molecule has 0 aliphatic heterocycles. The lowest BCUT2D eigenvalue weighted by Crippen LogP contribution is -2.19. The maximum atomic E-state index is 12.1. The third kappa shape index (κ3) is 3.93. The molecule has 8 heteroatoms. The summed E-state index contributed by atoms with van der Waals surface area (Å²) in [6, 6.07) is 0. The highest BCUT2D eigenvalue weighted by molar-refractivity contribution is 6.67. The fraction of sp³-hybridized carbons (Fsp3) is 0.385. The Morgan fingerprint density at radius 2 is 1.86 bits per heavy atom. The van der Waals surface area contributed by atoms with Crippen molar-refractivity contribution in [2.24, 2.45) is 0 Å². The minimum atomic E-state index is -1.75. The molecule has 0 saturated heterocycles. The maximum Gasteiger partial charge on any atom is 0.342 e. The Hall–Kier alpha value is -1.17. The van der Waals surface area contributed by atoms with Gasteiger partial charge in [0, 0.05) is 5.56 Å². The number of methoxy groups -OCH3 is 1. The van der Waals surface area contributed by atoms with Crippen molar-refractivity contribution in [2.45, 2.75) is 17.6 Å². The zero-order valence-electron chi connectivity index (χ0n) is 11.5. The lowest BCUT2D eigenvalue weighted by atomic mass is 9.97. The van der Waals surface area contributed by atoms with Crippen LogP contribution < -0.4 is 4.74 Å². The topological polar surface area (TPSA) is 72.8 Å². The molecule has 0 heterocycles. The zero-order valence-corrected chi connectivity index (χ0v) is 13.8. The van der Waals surface area contributed by atoms with Gasteiger partial charge in [0.15, 0.2) is 6.29 Å². The van der Waals surface area contributed by atoms with Gasteiger partial charge in [-0.15, -0.1) is 0 Å². The van der Waals surface area contributed by atoms with E-state index in [-0.39, 0.29) is 33.8 Å². The number of esters is 1. The summed E-state index contributed by atoms with van der Waals surface area (Å²) in [6.45, 7) is 2.53. The Kier molecular flexibility index (Phi) is 5.73. The molecule has 1 N–H and O–H groups in total. The fourth-order valence-corrected chi connectivity index (χ4v) is 2.01. The molecule has 0 atom stereocenters. The SMILES string of the molecule is COc1c(C)c(O)c(C=O)c(C)c1C(=O)OCC(Cl)(Cl)Cl. The second-order valence-corrected chi connectivity index (χ2v) is 6.75. The van der Waals surface area contributed by atoms with Gasteiger partial charge >= 0.3 is 5.97 Å². The van der Waals surface area contributed by atoms with E-state index in [9.17, 15) is 14.7 Å². The van der Waals surface area contributed by atoms with Crippen molar-refractivity contribution in [1.82, 2.24) is 0 Å². The Labute approximate surface area is 136 Å². The van der Waals surface area contributed by atoms with Crippen LogP contribution in [0.15, 0.2) is 0 Å². The molecule has 0 aromatic heterocycles. The molecule has 0 saturated carbocycles. The first kappa shape index (κ1) is 17.9. The molecule has 0 bridgehead atoms. The van der Waals surface area contributed by atoms with Gasteiger partial charge in [0.2, 0.25) is 3.79 Å². The van der Waals surface area contributed by atoms with Gasteiger partial charge in [-0.05, 0) is 19.4 Å². The molecular weight excluding hydrogens is 342 g/mol. The van der Waals surface area contributed by atoms with Crippen LogP contribution in [0, 0.1) is 13.8 Å². The van der Waals surface area contributed by atoms with E-state index < -0.39 is 16.4 Å². The molecule has 0 spiro atoms. The van der Waals surface area contributed by atoms with Crippen LogP contribution in [0.2, 0.25) is 0 Å². The van der Waals surface area contributed by atoms with E-state index >= 15 is 0 Å². The number of ether oxygens (including phenoxy) is 2. The molecule has 116 valence electrons. The smallest absolute Gasteiger partial charge is 0.342 e. The van der Waals surface area contributed by atoms with Crippen molar-refractivity contribution in [3.8, 4) is 11.5 Å². The second-order valence-electron chi connectivity index (χ2n) is 4.23. The van der Waals surface area contributed by atoms with Crippen molar-refractivity contribution in [1.29, 1.82) is 0 Å². The van der Waals surface area contributed by atoms with E-state index in [2.05, 4.69) is 0 Å². The molecule has 21 heavy (non-hydrogen) atoms. The lowest BCUT2D eigenvalue weighted by molar-refractivity contribution is 0.0507.